The van der Waals surface area contributed by atoms with Crippen LogP contribution in [0.1, 0.15) is 74.9 Å². The molecule has 1 rings (SSSR count). The van der Waals surface area contributed by atoms with Crippen molar-refractivity contribution in [2.24, 2.45) is 5.41 Å². The van der Waals surface area contributed by atoms with Crippen LogP contribution in [0.3, 0.4) is 0 Å². The van der Waals surface area contributed by atoms with E-state index in [4.69, 9.17) is 4.74 Å². The fraction of sp³-hybridized carbons (Fsp3) is 0.556. The molecule has 1 aromatic rings. The molecule has 0 fully saturated rings. The number of Topliss-reactive ketones (excluding diaryl/α,β-unsaturated/α-hetero) is 1. The second-order valence-corrected chi connectivity index (χ2v) is 6.60. The number of benzene rings is 1. The molecule has 0 aliphatic carbocycles. The van der Waals surface area contributed by atoms with Gasteiger partial charge in [-0.15, -0.1) is 0 Å². The van der Waals surface area contributed by atoms with Crippen molar-refractivity contribution in [1.82, 2.24) is 0 Å². The Balaban J connectivity index is 3.36. The summed E-state index contributed by atoms with van der Waals surface area (Å²) >= 11 is 0. The second-order valence-electron chi connectivity index (χ2n) is 6.60. The van der Waals surface area contributed by atoms with Gasteiger partial charge in [0.05, 0.1) is 7.11 Å². The zero-order valence-corrected chi connectivity index (χ0v) is 14.1. The molecule has 0 saturated carbocycles. The molecule has 116 valence electrons. The van der Waals surface area contributed by atoms with E-state index in [2.05, 4.69) is 33.8 Å². The molecule has 0 saturated heterocycles. The predicted octanol–water partition coefficient (Wildman–Crippen LogP) is 4.32. The molecule has 0 atom stereocenters. The summed E-state index contributed by atoms with van der Waals surface area (Å²) in [7, 11) is 1.31. The van der Waals surface area contributed by atoms with Gasteiger partial charge in [0, 0.05) is 5.56 Å². The fourth-order valence-electron chi connectivity index (χ4n) is 2.31. The quantitative estimate of drug-likeness (QED) is 0.461. The molecule has 0 bridgehead atoms. The molecule has 0 aliphatic heterocycles. The summed E-state index contributed by atoms with van der Waals surface area (Å²) in [6, 6.07) is 5.89. The van der Waals surface area contributed by atoms with Gasteiger partial charge < -0.3 is 4.74 Å². The minimum absolute atomic E-state index is 0.187. The van der Waals surface area contributed by atoms with Gasteiger partial charge in [0.25, 0.3) is 0 Å². The van der Waals surface area contributed by atoms with E-state index in [1.807, 2.05) is 12.1 Å². The molecule has 0 aromatic heterocycles. The third-order valence-corrected chi connectivity index (χ3v) is 3.87. The van der Waals surface area contributed by atoms with Crippen LogP contribution >= 0.6 is 0 Å². The van der Waals surface area contributed by atoms with Gasteiger partial charge in [0.15, 0.2) is 5.78 Å². The van der Waals surface area contributed by atoms with E-state index in [1.165, 1.54) is 12.7 Å². The Hall–Kier alpha value is -1.64. The predicted molar refractivity (Wildman–Crippen MR) is 84.7 cm³/mol. The summed E-state index contributed by atoms with van der Waals surface area (Å²) in [6.07, 6.45) is 0. The summed E-state index contributed by atoms with van der Waals surface area (Å²) in [4.78, 5) is 24.6. The summed E-state index contributed by atoms with van der Waals surface area (Å²) in [5, 5.41) is 0. The minimum atomic E-state index is -1.17. The average molecular weight is 290 g/mol. The van der Waals surface area contributed by atoms with Crippen LogP contribution < -0.4 is 0 Å². The zero-order chi connectivity index (χ0) is 16.4. The number of rotatable bonds is 5. The number of ketones is 1. The van der Waals surface area contributed by atoms with Gasteiger partial charge in [-0.25, -0.2) is 0 Å². The van der Waals surface area contributed by atoms with Crippen molar-refractivity contribution < 1.29 is 14.3 Å². The van der Waals surface area contributed by atoms with Crippen LogP contribution in [0, 0.1) is 5.41 Å². The molecule has 0 N–H and O–H groups in total. The maximum atomic E-state index is 12.8. The maximum Gasteiger partial charge on any atom is 0.319 e. The largest absolute Gasteiger partial charge is 0.468 e. The molecule has 0 aliphatic rings. The second kappa shape index (κ2) is 6.42. The number of methoxy groups -OCH3 is 1. The Bertz CT molecular complexity index is 539. The van der Waals surface area contributed by atoms with Gasteiger partial charge in [0.2, 0.25) is 0 Å². The van der Waals surface area contributed by atoms with Crippen LogP contribution in [0.4, 0.5) is 0 Å². The summed E-state index contributed by atoms with van der Waals surface area (Å²) in [5.41, 5.74) is 1.64. The average Bonchev–Trinajstić information content (AvgIpc) is 2.44. The first kappa shape index (κ1) is 17.4. The Labute approximate surface area is 127 Å². The first-order valence-electron chi connectivity index (χ1n) is 7.40. The lowest BCUT2D eigenvalue weighted by atomic mass is 9.80. The fourth-order valence-corrected chi connectivity index (χ4v) is 2.31. The molecule has 21 heavy (non-hydrogen) atoms. The molecule has 0 unspecified atom stereocenters. The standard InChI is InChI=1S/C18H26O3/c1-11(2)13-8-9-14(15(10-13)12(3)4)16(19)18(5,6)17(20)21-7/h8-12H,1-7H3. The number of ether oxygens (including phenoxy) is 1. The summed E-state index contributed by atoms with van der Waals surface area (Å²) < 4.78 is 4.76. The molecule has 0 spiro atoms. The van der Waals surface area contributed by atoms with Crippen molar-refractivity contribution in [2.45, 2.75) is 53.4 Å². The van der Waals surface area contributed by atoms with Crippen LogP contribution in [-0.4, -0.2) is 18.9 Å². The van der Waals surface area contributed by atoms with Crippen molar-refractivity contribution in [2.75, 3.05) is 7.11 Å². The van der Waals surface area contributed by atoms with Crippen LogP contribution in [0.15, 0.2) is 18.2 Å². The van der Waals surface area contributed by atoms with Crippen molar-refractivity contribution in [1.29, 1.82) is 0 Å². The van der Waals surface area contributed by atoms with E-state index >= 15 is 0 Å². The third-order valence-electron chi connectivity index (χ3n) is 3.87. The molecular weight excluding hydrogens is 264 g/mol. The highest BCUT2D eigenvalue weighted by atomic mass is 16.5. The van der Waals surface area contributed by atoms with E-state index in [0.29, 0.717) is 11.5 Å². The van der Waals surface area contributed by atoms with Gasteiger partial charge in [-0.2, -0.15) is 0 Å². The summed E-state index contributed by atoms with van der Waals surface area (Å²) in [5.74, 6) is -0.0696. The van der Waals surface area contributed by atoms with Crippen LogP contribution in [0.2, 0.25) is 0 Å². The Morgan fingerprint density at radius 3 is 2.05 bits per heavy atom. The topological polar surface area (TPSA) is 43.4 Å². The lowest BCUT2D eigenvalue weighted by molar-refractivity contribution is -0.147. The van der Waals surface area contributed by atoms with Gasteiger partial charge in [-0.1, -0.05) is 45.9 Å². The third kappa shape index (κ3) is 3.52. The van der Waals surface area contributed by atoms with Gasteiger partial charge >= 0.3 is 5.97 Å². The monoisotopic (exact) mass is 290 g/mol. The first-order valence-corrected chi connectivity index (χ1v) is 7.40. The van der Waals surface area contributed by atoms with Crippen LogP contribution in [-0.2, 0) is 9.53 Å². The van der Waals surface area contributed by atoms with E-state index in [1.54, 1.807) is 13.8 Å². The van der Waals surface area contributed by atoms with Crippen molar-refractivity contribution in [3.63, 3.8) is 0 Å². The maximum absolute atomic E-state index is 12.8. The Kier molecular flexibility index (Phi) is 5.32. The molecule has 0 amide bonds. The van der Waals surface area contributed by atoms with Gasteiger partial charge in [0.1, 0.15) is 5.41 Å². The highest BCUT2D eigenvalue weighted by molar-refractivity contribution is 6.12. The highest BCUT2D eigenvalue weighted by Gasteiger charge is 2.38. The Morgan fingerprint density at radius 1 is 1.05 bits per heavy atom. The SMILES string of the molecule is COC(=O)C(C)(C)C(=O)c1ccc(C(C)C)cc1C(C)C. The lowest BCUT2D eigenvalue weighted by Crippen LogP contribution is -2.35. The molecule has 0 heterocycles. The van der Waals surface area contributed by atoms with Crippen molar-refractivity contribution in [3.8, 4) is 0 Å². The normalized spacial score (nSPS) is 11.9. The molecule has 3 heteroatoms. The van der Waals surface area contributed by atoms with Gasteiger partial charge in [-0.05, 0) is 36.8 Å². The van der Waals surface area contributed by atoms with Crippen molar-refractivity contribution in [3.05, 3.63) is 34.9 Å². The summed E-state index contributed by atoms with van der Waals surface area (Å²) in [6.45, 7) is 11.6. The number of carbonyl (C=O) groups excluding carboxylic acids is 2. The van der Waals surface area contributed by atoms with Crippen LogP contribution in [0.25, 0.3) is 0 Å². The van der Waals surface area contributed by atoms with E-state index in [-0.39, 0.29) is 11.7 Å². The van der Waals surface area contributed by atoms with E-state index in [0.717, 1.165) is 5.56 Å². The van der Waals surface area contributed by atoms with Crippen LogP contribution in [0.5, 0.6) is 0 Å². The minimum Gasteiger partial charge on any atom is -0.468 e. The smallest absolute Gasteiger partial charge is 0.319 e. The van der Waals surface area contributed by atoms with E-state index in [9.17, 15) is 9.59 Å². The highest BCUT2D eigenvalue weighted by Crippen LogP contribution is 2.31. The number of hydrogen-bond donors (Lipinski definition) is 0. The van der Waals surface area contributed by atoms with Crippen molar-refractivity contribution >= 4 is 11.8 Å². The van der Waals surface area contributed by atoms with E-state index < -0.39 is 11.4 Å². The molecule has 0 radical (unpaired) electrons. The number of hydrogen-bond acceptors (Lipinski definition) is 3. The lowest BCUT2D eigenvalue weighted by Gasteiger charge is -2.23. The molecule has 1 aromatic carbocycles. The molecular formula is C18H26O3. The first-order chi connectivity index (χ1) is 9.62. The van der Waals surface area contributed by atoms with Gasteiger partial charge in [-0.3, -0.25) is 9.59 Å². The zero-order valence-electron chi connectivity index (χ0n) is 14.1. The molecule has 3 nitrogen and oxygen atoms in total. The number of carbonyl (C=O) groups is 2. The number of esters is 1. The Morgan fingerprint density at radius 2 is 1.62 bits per heavy atom.